The largest absolute Gasteiger partial charge is 0.381 e. The van der Waals surface area contributed by atoms with Crippen molar-refractivity contribution in [3.05, 3.63) is 34.9 Å². The maximum absolute atomic E-state index is 5.97. The van der Waals surface area contributed by atoms with Gasteiger partial charge in [-0.25, -0.2) is 0 Å². The van der Waals surface area contributed by atoms with E-state index >= 15 is 0 Å². The van der Waals surface area contributed by atoms with Crippen LogP contribution in [0, 0.1) is 0 Å². The fourth-order valence-corrected chi connectivity index (χ4v) is 1.93. The minimum atomic E-state index is 0.333. The van der Waals surface area contributed by atoms with Crippen LogP contribution in [0.5, 0.6) is 0 Å². The second-order valence-electron chi connectivity index (χ2n) is 4.55. The molecule has 3 heteroatoms. The number of nitrogens with one attached hydrogen (secondary N) is 1. The first-order chi connectivity index (χ1) is 8.74. The summed E-state index contributed by atoms with van der Waals surface area (Å²) in [5, 5.41) is 4.27. The van der Waals surface area contributed by atoms with Crippen LogP contribution >= 0.6 is 11.6 Å². The van der Waals surface area contributed by atoms with Gasteiger partial charge in [0.1, 0.15) is 0 Å². The van der Waals surface area contributed by atoms with Crippen molar-refractivity contribution < 1.29 is 4.74 Å². The van der Waals surface area contributed by atoms with Gasteiger partial charge in [0.15, 0.2) is 0 Å². The molecule has 1 unspecified atom stereocenters. The van der Waals surface area contributed by atoms with Crippen molar-refractivity contribution in [1.29, 1.82) is 0 Å². The molecule has 0 aliphatic carbocycles. The molecule has 18 heavy (non-hydrogen) atoms. The molecule has 2 nitrogen and oxygen atoms in total. The van der Waals surface area contributed by atoms with E-state index in [0.29, 0.717) is 6.04 Å². The molecule has 0 radical (unpaired) electrons. The Morgan fingerprint density at radius 3 is 2.78 bits per heavy atom. The Bertz CT molecular complexity index is 330. The molecule has 0 saturated heterocycles. The number of benzene rings is 1. The molecule has 102 valence electrons. The molecule has 1 aromatic carbocycles. The Hall–Kier alpha value is -0.570. The highest BCUT2D eigenvalue weighted by molar-refractivity contribution is 6.30. The summed E-state index contributed by atoms with van der Waals surface area (Å²) in [6.45, 7) is 7.04. The van der Waals surface area contributed by atoms with Crippen molar-refractivity contribution in [2.75, 3.05) is 19.8 Å². The highest BCUT2D eigenvalue weighted by Gasteiger charge is 2.04. The molecule has 0 saturated carbocycles. The van der Waals surface area contributed by atoms with E-state index in [1.165, 1.54) is 12.0 Å². The molecule has 0 fully saturated rings. The number of rotatable bonds is 9. The number of halogens is 1. The SMILES string of the molecule is CCCCOCCCNC(C)c1cccc(Cl)c1. The van der Waals surface area contributed by atoms with Crippen LogP contribution in [-0.2, 0) is 4.74 Å². The standard InChI is InChI=1S/C15H24ClNO/c1-3-4-10-18-11-6-9-17-13(2)14-7-5-8-15(16)12-14/h5,7-8,12-13,17H,3-4,6,9-11H2,1-2H3. The second-order valence-corrected chi connectivity index (χ2v) is 4.99. The van der Waals surface area contributed by atoms with Gasteiger partial charge in [-0.2, -0.15) is 0 Å². The molecular weight excluding hydrogens is 246 g/mol. The first-order valence-corrected chi connectivity index (χ1v) is 7.18. The number of hydrogen-bond donors (Lipinski definition) is 1. The quantitative estimate of drug-likeness (QED) is 0.679. The summed E-state index contributed by atoms with van der Waals surface area (Å²) >= 11 is 5.97. The van der Waals surface area contributed by atoms with Gasteiger partial charge in [0.25, 0.3) is 0 Å². The van der Waals surface area contributed by atoms with Gasteiger partial charge in [-0.05, 0) is 44.0 Å². The zero-order valence-electron chi connectivity index (χ0n) is 11.4. The van der Waals surface area contributed by atoms with Gasteiger partial charge in [0.05, 0.1) is 0 Å². The van der Waals surface area contributed by atoms with E-state index in [2.05, 4.69) is 25.2 Å². The van der Waals surface area contributed by atoms with Crippen LogP contribution in [0.4, 0.5) is 0 Å². The van der Waals surface area contributed by atoms with Gasteiger partial charge < -0.3 is 10.1 Å². The van der Waals surface area contributed by atoms with Crippen molar-refractivity contribution in [2.24, 2.45) is 0 Å². The van der Waals surface area contributed by atoms with E-state index < -0.39 is 0 Å². The third kappa shape index (κ3) is 6.39. The average Bonchev–Trinajstić information content (AvgIpc) is 2.37. The summed E-state index contributed by atoms with van der Waals surface area (Å²) in [6, 6.07) is 8.33. The monoisotopic (exact) mass is 269 g/mol. The van der Waals surface area contributed by atoms with E-state index in [0.717, 1.165) is 37.6 Å². The molecular formula is C15H24ClNO. The maximum Gasteiger partial charge on any atom is 0.0478 e. The lowest BCUT2D eigenvalue weighted by Crippen LogP contribution is -2.21. The van der Waals surface area contributed by atoms with Crippen LogP contribution in [0.3, 0.4) is 0 Å². The fraction of sp³-hybridized carbons (Fsp3) is 0.600. The van der Waals surface area contributed by atoms with Gasteiger partial charge >= 0.3 is 0 Å². The zero-order chi connectivity index (χ0) is 13.2. The lowest BCUT2D eigenvalue weighted by atomic mass is 10.1. The Labute approximate surface area is 116 Å². The summed E-state index contributed by atoms with van der Waals surface area (Å²) in [4.78, 5) is 0. The molecule has 0 bridgehead atoms. The maximum atomic E-state index is 5.97. The van der Waals surface area contributed by atoms with Crippen LogP contribution in [0.25, 0.3) is 0 Å². The van der Waals surface area contributed by atoms with Crippen LogP contribution in [0.2, 0.25) is 5.02 Å². The highest BCUT2D eigenvalue weighted by atomic mass is 35.5. The lowest BCUT2D eigenvalue weighted by molar-refractivity contribution is 0.128. The first-order valence-electron chi connectivity index (χ1n) is 6.80. The number of hydrogen-bond acceptors (Lipinski definition) is 2. The Morgan fingerprint density at radius 1 is 1.28 bits per heavy atom. The van der Waals surface area contributed by atoms with Gasteiger partial charge in [0, 0.05) is 24.3 Å². The van der Waals surface area contributed by atoms with E-state index in [9.17, 15) is 0 Å². The molecule has 0 aliphatic heterocycles. The molecule has 0 heterocycles. The number of ether oxygens (including phenoxy) is 1. The lowest BCUT2D eigenvalue weighted by Gasteiger charge is -2.14. The normalized spacial score (nSPS) is 12.6. The van der Waals surface area contributed by atoms with Crippen LogP contribution in [0.15, 0.2) is 24.3 Å². The van der Waals surface area contributed by atoms with Crippen LogP contribution < -0.4 is 5.32 Å². The van der Waals surface area contributed by atoms with Crippen molar-refractivity contribution in [2.45, 2.75) is 39.2 Å². The first kappa shape index (κ1) is 15.5. The average molecular weight is 270 g/mol. The van der Waals surface area contributed by atoms with E-state index in [1.54, 1.807) is 0 Å². The van der Waals surface area contributed by atoms with Crippen LogP contribution in [0.1, 0.15) is 44.7 Å². The summed E-state index contributed by atoms with van der Waals surface area (Å²) in [6.07, 6.45) is 3.41. The van der Waals surface area contributed by atoms with Gasteiger partial charge in [0.2, 0.25) is 0 Å². The molecule has 0 aromatic heterocycles. The third-order valence-electron chi connectivity index (χ3n) is 2.91. The molecule has 1 N–H and O–H groups in total. The molecule has 1 aromatic rings. The van der Waals surface area contributed by atoms with Gasteiger partial charge in [-0.1, -0.05) is 37.1 Å². The van der Waals surface area contributed by atoms with Gasteiger partial charge in [-0.3, -0.25) is 0 Å². The van der Waals surface area contributed by atoms with Crippen LogP contribution in [-0.4, -0.2) is 19.8 Å². The predicted octanol–water partition coefficient (Wildman–Crippen LogP) is 4.20. The van der Waals surface area contributed by atoms with Crippen molar-refractivity contribution >= 4 is 11.6 Å². The molecule has 1 rings (SSSR count). The van der Waals surface area contributed by atoms with E-state index in [4.69, 9.17) is 16.3 Å². The smallest absolute Gasteiger partial charge is 0.0478 e. The minimum Gasteiger partial charge on any atom is -0.381 e. The molecule has 1 atom stereocenters. The third-order valence-corrected chi connectivity index (χ3v) is 3.14. The Morgan fingerprint density at radius 2 is 2.06 bits per heavy atom. The highest BCUT2D eigenvalue weighted by Crippen LogP contribution is 2.17. The number of unbranched alkanes of at least 4 members (excludes halogenated alkanes) is 1. The predicted molar refractivity (Wildman–Crippen MR) is 78.2 cm³/mol. The summed E-state index contributed by atoms with van der Waals surface area (Å²) in [5.41, 5.74) is 1.23. The summed E-state index contributed by atoms with van der Waals surface area (Å²) < 4.78 is 5.52. The Kier molecular flexibility index (Phi) is 8.06. The van der Waals surface area contributed by atoms with E-state index in [1.807, 2.05) is 18.2 Å². The fourth-order valence-electron chi connectivity index (χ4n) is 1.74. The molecule has 0 amide bonds. The zero-order valence-corrected chi connectivity index (χ0v) is 12.2. The van der Waals surface area contributed by atoms with Crippen molar-refractivity contribution in [1.82, 2.24) is 5.32 Å². The topological polar surface area (TPSA) is 21.3 Å². The summed E-state index contributed by atoms with van der Waals surface area (Å²) in [7, 11) is 0. The van der Waals surface area contributed by atoms with Crippen molar-refractivity contribution in [3.8, 4) is 0 Å². The molecule has 0 spiro atoms. The van der Waals surface area contributed by atoms with Gasteiger partial charge in [-0.15, -0.1) is 0 Å². The molecule has 0 aliphatic rings. The minimum absolute atomic E-state index is 0.333. The van der Waals surface area contributed by atoms with Crippen molar-refractivity contribution in [3.63, 3.8) is 0 Å². The van der Waals surface area contributed by atoms with E-state index in [-0.39, 0.29) is 0 Å². The Balaban J connectivity index is 2.12. The summed E-state index contributed by atoms with van der Waals surface area (Å²) in [5.74, 6) is 0. The second kappa shape index (κ2) is 9.37.